The third kappa shape index (κ3) is 6.58. The Labute approximate surface area is 192 Å². The van der Waals surface area contributed by atoms with Gasteiger partial charge in [-0.1, -0.05) is 31.2 Å². The van der Waals surface area contributed by atoms with Crippen LogP contribution in [0.15, 0.2) is 77.7 Å². The van der Waals surface area contributed by atoms with Crippen molar-refractivity contribution in [3.05, 3.63) is 89.7 Å². The molecule has 3 aromatic rings. The third-order valence-corrected chi connectivity index (χ3v) is 5.97. The number of hydrogen-bond acceptors (Lipinski definition) is 3. The Morgan fingerprint density at radius 3 is 2.24 bits per heavy atom. The summed E-state index contributed by atoms with van der Waals surface area (Å²) in [6.45, 7) is 1.78. The minimum absolute atomic E-state index is 0.0553. The summed E-state index contributed by atoms with van der Waals surface area (Å²) in [5, 5.41) is 4.56. The van der Waals surface area contributed by atoms with Crippen LogP contribution in [0, 0.1) is 5.82 Å². The first-order valence-electron chi connectivity index (χ1n) is 9.98. The van der Waals surface area contributed by atoms with Gasteiger partial charge in [0.2, 0.25) is 5.91 Å². The topological polar surface area (TPSA) is 58.2 Å². The molecule has 2 N–H and O–H groups in total. The van der Waals surface area contributed by atoms with Crippen molar-refractivity contribution in [1.82, 2.24) is 0 Å². The molecular formula is C24H20F4N2O2S. The average molecular weight is 476 g/mol. The van der Waals surface area contributed by atoms with Gasteiger partial charge in [0.05, 0.1) is 16.4 Å². The van der Waals surface area contributed by atoms with Gasteiger partial charge in [0.1, 0.15) is 5.82 Å². The first-order valence-corrected chi connectivity index (χ1v) is 10.9. The van der Waals surface area contributed by atoms with Crippen LogP contribution in [0.1, 0.15) is 29.3 Å². The fraction of sp³-hybridized carbons (Fsp3) is 0.167. The molecule has 33 heavy (non-hydrogen) atoms. The Bertz CT molecular complexity index is 1150. The van der Waals surface area contributed by atoms with Gasteiger partial charge < -0.3 is 10.6 Å². The number of halogens is 4. The number of alkyl halides is 3. The number of nitrogens with one attached hydrogen (secondary N) is 2. The van der Waals surface area contributed by atoms with Crippen molar-refractivity contribution in [1.29, 1.82) is 0 Å². The highest BCUT2D eigenvalue weighted by molar-refractivity contribution is 8.00. The number of benzene rings is 3. The van der Waals surface area contributed by atoms with Gasteiger partial charge in [0, 0.05) is 16.3 Å². The molecule has 0 bridgehead atoms. The van der Waals surface area contributed by atoms with Gasteiger partial charge in [-0.05, 0) is 55.0 Å². The monoisotopic (exact) mass is 476 g/mol. The molecule has 1 unspecified atom stereocenters. The molecule has 0 saturated carbocycles. The van der Waals surface area contributed by atoms with Crippen LogP contribution in [-0.4, -0.2) is 17.1 Å². The summed E-state index contributed by atoms with van der Waals surface area (Å²) in [6.07, 6.45) is -4.09. The highest BCUT2D eigenvalue weighted by Crippen LogP contribution is 2.32. The molecule has 0 saturated heterocycles. The van der Waals surface area contributed by atoms with Crippen molar-refractivity contribution < 1.29 is 27.2 Å². The molecule has 0 aromatic heterocycles. The molecule has 3 aromatic carbocycles. The zero-order valence-electron chi connectivity index (χ0n) is 17.4. The standard InChI is InChI=1S/C24H20F4N2O2S/c1-2-21(23(32)30-16-8-5-7-15(13-16)24(26,27)28)33-18-10-6-9-17(14-18)29-22(31)19-11-3-4-12-20(19)25/h3-14,21H,2H2,1H3,(H,29,31)(H,30,32). The number of rotatable bonds is 7. The molecule has 0 heterocycles. The van der Waals surface area contributed by atoms with Gasteiger partial charge in [0.15, 0.2) is 0 Å². The highest BCUT2D eigenvalue weighted by Gasteiger charge is 2.30. The molecule has 0 fully saturated rings. The summed E-state index contributed by atoms with van der Waals surface area (Å²) in [7, 11) is 0. The summed E-state index contributed by atoms with van der Waals surface area (Å²) in [4.78, 5) is 25.7. The van der Waals surface area contributed by atoms with E-state index in [1.807, 2.05) is 0 Å². The zero-order chi connectivity index (χ0) is 24.0. The van der Waals surface area contributed by atoms with Crippen LogP contribution in [0.2, 0.25) is 0 Å². The van der Waals surface area contributed by atoms with E-state index < -0.39 is 34.6 Å². The molecule has 0 radical (unpaired) electrons. The lowest BCUT2D eigenvalue weighted by molar-refractivity contribution is -0.137. The minimum atomic E-state index is -4.51. The van der Waals surface area contributed by atoms with Gasteiger partial charge >= 0.3 is 6.18 Å². The van der Waals surface area contributed by atoms with Crippen molar-refractivity contribution >= 4 is 35.0 Å². The average Bonchev–Trinajstić information content (AvgIpc) is 2.77. The van der Waals surface area contributed by atoms with Crippen LogP contribution in [-0.2, 0) is 11.0 Å². The Hall–Kier alpha value is -3.33. The quantitative estimate of drug-likeness (QED) is 0.298. The molecule has 172 valence electrons. The van der Waals surface area contributed by atoms with E-state index in [1.54, 1.807) is 37.3 Å². The van der Waals surface area contributed by atoms with E-state index in [2.05, 4.69) is 10.6 Å². The maximum atomic E-state index is 13.8. The predicted octanol–water partition coefficient (Wildman–Crippen LogP) is 6.61. The van der Waals surface area contributed by atoms with Gasteiger partial charge in [-0.15, -0.1) is 11.8 Å². The molecule has 0 aliphatic heterocycles. The summed E-state index contributed by atoms with van der Waals surface area (Å²) < 4.78 is 52.6. The van der Waals surface area contributed by atoms with Gasteiger partial charge in [-0.2, -0.15) is 13.2 Å². The van der Waals surface area contributed by atoms with E-state index in [0.29, 0.717) is 17.0 Å². The number of hydrogen-bond donors (Lipinski definition) is 2. The first-order chi connectivity index (χ1) is 15.7. The van der Waals surface area contributed by atoms with Gasteiger partial charge in [-0.25, -0.2) is 4.39 Å². The molecular weight excluding hydrogens is 456 g/mol. The predicted molar refractivity (Wildman–Crippen MR) is 121 cm³/mol. The summed E-state index contributed by atoms with van der Waals surface area (Å²) in [5.74, 6) is -1.69. The number of carbonyl (C=O) groups is 2. The normalized spacial score (nSPS) is 12.2. The van der Waals surface area contributed by atoms with E-state index in [9.17, 15) is 27.2 Å². The number of thioether (sulfide) groups is 1. The summed E-state index contributed by atoms with van der Waals surface area (Å²) in [6, 6.07) is 16.7. The van der Waals surface area contributed by atoms with Gasteiger partial charge in [-0.3, -0.25) is 9.59 Å². The molecule has 0 aliphatic carbocycles. The smallest absolute Gasteiger partial charge is 0.325 e. The van der Waals surface area contributed by atoms with Crippen molar-refractivity contribution in [3.8, 4) is 0 Å². The molecule has 2 amide bonds. The van der Waals surface area contributed by atoms with Crippen LogP contribution >= 0.6 is 11.8 Å². The number of carbonyl (C=O) groups excluding carboxylic acids is 2. The second kappa shape index (κ2) is 10.5. The lowest BCUT2D eigenvalue weighted by Gasteiger charge is -2.16. The van der Waals surface area contributed by atoms with Crippen LogP contribution in [0.4, 0.5) is 28.9 Å². The Morgan fingerprint density at radius 2 is 1.58 bits per heavy atom. The molecule has 9 heteroatoms. The van der Waals surface area contributed by atoms with E-state index in [1.165, 1.54) is 42.1 Å². The SMILES string of the molecule is CCC(Sc1cccc(NC(=O)c2ccccc2F)c1)C(=O)Nc1cccc(C(F)(F)F)c1. The minimum Gasteiger partial charge on any atom is -0.325 e. The number of anilines is 2. The van der Waals surface area contributed by atoms with Crippen molar-refractivity contribution in [2.24, 2.45) is 0 Å². The second-order valence-electron chi connectivity index (χ2n) is 7.04. The Balaban J connectivity index is 1.68. The summed E-state index contributed by atoms with van der Waals surface area (Å²) in [5.41, 5.74) is -0.470. The maximum Gasteiger partial charge on any atom is 0.416 e. The van der Waals surface area contributed by atoms with Crippen molar-refractivity contribution in [2.75, 3.05) is 10.6 Å². The van der Waals surface area contributed by atoms with E-state index in [0.717, 1.165) is 12.1 Å². The van der Waals surface area contributed by atoms with E-state index >= 15 is 0 Å². The lowest BCUT2D eigenvalue weighted by atomic mass is 10.2. The van der Waals surface area contributed by atoms with E-state index in [-0.39, 0.29) is 11.3 Å². The summed E-state index contributed by atoms with van der Waals surface area (Å²) >= 11 is 1.21. The highest BCUT2D eigenvalue weighted by atomic mass is 32.2. The largest absolute Gasteiger partial charge is 0.416 e. The third-order valence-electron chi connectivity index (χ3n) is 4.61. The fourth-order valence-corrected chi connectivity index (χ4v) is 3.99. The molecule has 4 nitrogen and oxygen atoms in total. The van der Waals surface area contributed by atoms with Gasteiger partial charge in [0.25, 0.3) is 5.91 Å². The first kappa shape index (κ1) is 24.3. The number of amides is 2. The zero-order valence-corrected chi connectivity index (χ0v) is 18.3. The van der Waals surface area contributed by atoms with Crippen molar-refractivity contribution in [3.63, 3.8) is 0 Å². The molecule has 1 atom stereocenters. The van der Waals surface area contributed by atoms with E-state index in [4.69, 9.17) is 0 Å². The fourth-order valence-electron chi connectivity index (χ4n) is 2.97. The van der Waals surface area contributed by atoms with Crippen molar-refractivity contribution in [2.45, 2.75) is 29.7 Å². The maximum absolute atomic E-state index is 13.8. The van der Waals surface area contributed by atoms with Crippen LogP contribution in [0.3, 0.4) is 0 Å². The second-order valence-corrected chi connectivity index (χ2v) is 8.32. The lowest BCUT2D eigenvalue weighted by Crippen LogP contribution is -2.24. The Kier molecular flexibility index (Phi) is 7.75. The molecule has 3 rings (SSSR count). The van der Waals surface area contributed by atoms with Crippen LogP contribution in [0.5, 0.6) is 0 Å². The van der Waals surface area contributed by atoms with Crippen LogP contribution < -0.4 is 10.6 Å². The van der Waals surface area contributed by atoms with Crippen LogP contribution in [0.25, 0.3) is 0 Å². The molecule has 0 aliphatic rings. The molecule has 0 spiro atoms. The Morgan fingerprint density at radius 1 is 0.909 bits per heavy atom.